The van der Waals surface area contributed by atoms with Crippen LogP contribution in [-0.2, 0) is 0 Å². The molecule has 0 heterocycles. The molecule has 21 heavy (non-hydrogen) atoms. The maximum atomic E-state index is 3.00. The van der Waals surface area contributed by atoms with Gasteiger partial charge in [0.2, 0.25) is 0 Å². The Morgan fingerprint density at radius 2 is 1.86 bits per heavy atom. The lowest BCUT2D eigenvalue weighted by molar-refractivity contribution is -0.0680. The van der Waals surface area contributed by atoms with Crippen LogP contribution >= 0.6 is 0 Å². The van der Waals surface area contributed by atoms with Crippen molar-refractivity contribution in [3.05, 3.63) is 24.8 Å². The summed E-state index contributed by atoms with van der Waals surface area (Å²) < 4.78 is 0. The summed E-state index contributed by atoms with van der Waals surface area (Å²) in [6, 6.07) is 0. The summed E-state index contributed by atoms with van der Waals surface area (Å²) in [6.07, 6.45) is 14.2. The number of allylic oxidation sites excluding steroid dienone is 2. The van der Waals surface area contributed by atoms with Gasteiger partial charge in [-0.3, -0.25) is 0 Å². The molecule has 0 N–H and O–H groups in total. The largest absolute Gasteiger partial charge is 0.106 e. The molecule has 0 amide bonds. The molecule has 120 valence electrons. The molecule has 0 radical (unpaired) electrons. The van der Waals surface area contributed by atoms with E-state index >= 15 is 0 Å². The van der Waals surface area contributed by atoms with E-state index in [1.54, 1.807) is 0 Å². The molecule has 2 saturated carbocycles. The van der Waals surface area contributed by atoms with Crippen LogP contribution in [0.3, 0.4) is 0 Å². The average molecular weight is 289 g/mol. The lowest BCUT2D eigenvalue weighted by Crippen LogP contribution is -2.50. The first-order valence-corrected chi connectivity index (χ1v) is 9.20. The van der Waals surface area contributed by atoms with Crippen molar-refractivity contribution in [1.29, 1.82) is 0 Å². The van der Waals surface area contributed by atoms with Crippen molar-refractivity contribution < 1.29 is 0 Å². The lowest BCUT2D eigenvalue weighted by Gasteiger charge is -2.60. The standard InChI is InChI=1S/C19H32.C2H4/c1-5-18(3)11-6-12-19(4)16-9-7-14(2)13-15(16)8-10-17(18)19;1-2/h13-14,16-17H,5-12H2,1-4H3;1-2H2/t14?,16?,17?,18-,19?;/m1./s1. The summed E-state index contributed by atoms with van der Waals surface area (Å²) in [5.74, 6) is 2.75. The van der Waals surface area contributed by atoms with Crippen molar-refractivity contribution in [2.45, 2.75) is 79.1 Å². The van der Waals surface area contributed by atoms with Crippen LogP contribution in [0, 0.1) is 28.6 Å². The number of fused-ring (bicyclic) bond motifs is 3. The molecule has 0 aromatic heterocycles. The van der Waals surface area contributed by atoms with Gasteiger partial charge in [-0.05, 0) is 67.1 Å². The topological polar surface area (TPSA) is 0 Å². The van der Waals surface area contributed by atoms with Gasteiger partial charge in [-0.25, -0.2) is 0 Å². The fourth-order valence-corrected chi connectivity index (χ4v) is 6.04. The van der Waals surface area contributed by atoms with E-state index in [1.165, 1.54) is 51.4 Å². The Balaban J connectivity index is 0.000000774. The molecule has 0 nitrogen and oxygen atoms in total. The van der Waals surface area contributed by atoms with E-state index in [9.17, 15) is 0 Å². The molecule has 3 aliphatic rings. The van der Waals surface area contributed by atoms with E-state index in [-0.39, 0.29) is 0 Å². The van der Waals surface area contributed by atoms with E-state index in [0.29, 0.717) is 10.8 Å². The quantitative estimate of drug-likeness (QED) is 0.467. The molecule has 0 saturated heterocycles. The van der Waals surface area contributed by atoms with Gasteiger partial charge in [-0.1, -0.05) is 52.2 Å². The molecule has 5 atom stereocenters. The van der Waals surface area contributed by atoms with Crippen LogP contribution in [0.1, 0.15) is 79.1 Å². The zero-order valence-electron chi connectivity index (χ0n) is 14.9. The molecule has 4 unspecified atom stereocenters. The second kappa shape index (κ2) is 6.31. The molecule has 3 aliphatic carbocycles. The van der Waals surface area contributed by atoms with Gasteiger partial charge in [0.25, 0.3) is 0 Å². The minimum absolute atomic E-state index is 0.618. The summed E-state index contributed by atoms with van der Waals surface area (Å²) in [4.78, 5) is 0. The van der Waals surface area contributed by atoms with Gasteiger partial charge in [0.1, 0.15) is 0 Å². The van der Waals surface area contributed by atoms with E-state index in [4.69, 9.17) is 0 Å². The summed E-state index contributed by atoms with van der Waals surface area (Å²) >= 11 is 0. The maximum Gasteiger partial charge on any atom is -0.0146 e. The number of rotatable bonds is 1. The highest BCUT2D eigenvalue weighted by molar-refractivity contribution is 5.21. The zero-order valence-corrected chi connectivity index (χ0v) is 14.9. The van der Waals surface area contributed by atoms with Gasteiger partial charge in [0.05, 0.1) is 0 Å². The molecule has 0 spiro atoms. The van der Waals surface area contributed by atoms with Gasteiger partial charge in [-0.15, -0.1) is 13.2 Å². The van der Waals surface area contributed by atoms with Crippen molar-refractivity contribution in [3.8, 4) is 0 Å². The number of hydrogen-bond acceptors (Lipinski definition) is 0. The molecule has 0 aromatic carbocycles. The first-order valence-electron chi connectivity index (χ1n) is 9.20. The maximum absolute atomic E-state index is 3.00. The summed E-state index contributed by atoms with van der Waals surface area (Å²) in [5, 5.41) is 0. The highest BCUT2D eigenvalue weighted by Gasteiger charge is 2.54. The monoisotopic (exact) mass is 288 g/mol. The second-order valence-electron chi connectivity index (χ2n) is 8.31. The first-order chi connectivity index (χ1) is 9.99. The fraction of sp³-hybridized carbons (Fsp3) is 0.810. The Morgan fingerprint density at radius 1 is 1.14 bits per heavy atom. The molecule has 2 fully saturated rings. The van der Waals surface area contributed by atoms with Crippen molar-refractivity contribution in [1.82, 2.24) is 0 Å². The second-order valence-corrected chi connectivity index (χ2v) is 8.31. The molecule has 0 aliphatic heterocycles. The van der Waals surface area contributed by atoms with Gasteiger partial charge in [-0.2, -0.15) is 0 Å². The minimum Gasteiger partial charge on any atom is -0.106 e. The Hall–Kier alpha value is -0.520. The van der Waals surface area contributed by atoms with Gasteiger partial charge in [0.15, 0.2) is 0 Å². The van der Waals surface area contributed by atoms with Gasteiger partial charge >= 0.3 is 0 Å². The predicted octanol–water partition coefficient (Wildman–Crippen LogP) is 6.78. The smallest absolute Gasteiger partial charge is 0.0146 e. The van der Waals surface area contributed by atoms with Crippen molar-refractivity contribution in [3.63, 3.8) is 0 Å². The van der Waals surface area contributed by atoms with Crippen LogP contribution in [0.2, 0.25) is 0 Å². The average Bonchev–Trinajstić information content (AvgIpc) is 2.48. The third-order valence-electron chi connectivity index (χ3n) is 7.28. The minimum atomic E-state index is 0.618. The Bertz CT molecular complexity index is 393. The lowest BCUT2D eigenvalue weighted by atomic mass is 9.45. The Kier molecular flexibility index (Phi) is 5.06. The Morgan fingerprint density at radius 3 is 2.52 bits per heavy atom. The Labute approximate surface area is 133 Å². The van der Waals surface area contributed by atoms with Crippen molar-refractivity contribution in [2.24, 2.45) is 28.6 Å². The molecule has 0 bridgehead atoms. The van der Waals surface area contributed by atoms with Gasteiger partial charge in [0, 0.05) is 0 Å². The molecule has 3 rings (SSSR count). The SMILES string of the molecule is C=C.CC[C@]1(C)CCCC2(C)C3CCC(C)C=C3CCC21. The zero-order chi connectivity index (χ0) is 15.7. The van der Waals surface area contributed by atoms with Crippen molar-refractivity contribution in [2.75, 3.05) is 0 Å². The summed E-state index contributed by atoms with van der Waals surface area (Å²) in [5.41, 5.74) is 3.09. The summed E-state index contributed by atoms with van der Waals surface area (Å²) in [7, 11) is 0. The van der Waals surface area contributed by atoms with Crippen molar-refractivity contribution >= 4 is 0 Å². The predicted molar refractivity (Wildman–Crippen MR) is 94.3 cm³/mol. The van der Waals surface area contributed by atoms with Crippen LogP contribution in [0.4, 0.5) is 0 Å². The third kappa shape index (κ3) is 2.76. The molecule has 0 heteroatoms. The van der Waals surface area contributed by atoms with Crippen LogP contribution in [0.15, 0.2) is 24.8 Å². The fourth-order valence-electron chi connectivity index (χ4n) is 6.04. The highest BCUT2D eigenvalue weighted by Crippen LogP contribution is 2.63. The highest BCUT2D eigenvalue weighted by atomic mass is 14.6. The van der Waals surface area contributed by atoms with E-state index in [2.05, 4.69) is 46.9 Å². The molecular weight excluding hydrogens is 252 g/mol. The van der Waals surface area contributed by atoms with Gasteiger partial charge < -0.3 is 0 Å². The van der Waals surface area contributed by atoms with E-state index in [1.807, 2.05) is 5.57 Å². The number of hydrogen-bond donors (Lipinski definition) is 0. The summed E-state index contributed by atoms with van der Waals surface area (Å²) in [6.45, 7) is 16.1. The van der Waals surface area contributed by atoms with Crippen LogP contribution in [-0.4, -0.2) is 0 Å². The molecular formula is C21H36. The van der Waals surface area contributed by atoms with Crippen LogP contribution < -0.4 is 0 Å². The van der Waals surface area contributed by atoms with Crippen LogP contribution in [0.25, 0.3) is 0 Å². The van der Waals surface area contributed by atoms with E-state index in [0.717, 1.165) is 17.8 Å². The van der Waals surface area contributed by atoms with Crippen LogP contribution in [0.5, 0.6) is 0 Å². The first kappa shape index (κ1) is 16.8. The normalized spacial score (nSPS) is 45.5. The third-order valence-corrected chi connectivity index (χ3v) is 7.28. The van der Waals surface area contributed by atoms with E-state index < -0.39 is 0 Å². The molecule has 0 aromatic rings.